The molecule has 0 saturated heterocycles. The van der Waals surface area contributed by atoms with Crippen LogP contribution >= 0.6 is 118 Å². The first-order valence-electron chi connectivity index (χ1n) is 35.9. The van der Waals surface area contributed by atoms with Crippen LogP contribution in [0.5, 0.6) is 0 Å². The number of hydrogen-bond acceptors (Lipinski definition) is 1. The quantitative estimate of drug-likeness (QED) is 0.0267. The van der Waals surface area contributed by atoms with Gasteiger partial charge in [0.1, 0.15) is 32.9 Å². The molecule has 10 aromatic rings. The number of halogens is 18. The number of rotatable bonds is 14. The fraction of sp³-hybridized carbons (Fsp3) is 0.356. The van der Waals surface area contributed by atoms with Gasteiger partial charge in [0.2, 0.25) is 0 Å². The van der Waals surface area contributed by atoms with Crippen molar-refractivity contribution < 1.29 is 234 Å². The molecule has 0 atom stereocenters. The topological polar surface area (TPSA) is 48.7 Å². The Hall–Kier alpha value is -0.598. The van der Waals surface area contributed by atoms with Crippen LogP contribution in [-0.2, 0) is 184 Å². The summed E-state index contributed by atoms with van der Waals surface area (Å²) in [6.45, 7) is 40.7. The van der Waals surface area contributed by atoms with E-state index in [-0.39, 0.29) is 228 Å². The van der Waals surface area contributed by atoms with E-state index in [1.807, 2.05) is 138 Å². The van der Waals surface area contributed by atoms with Gasteiger partial charge in [0.05, 0.1) is 16.0 Å². The van der Waals surface area contributed by atoms with Crippen LogP contribution in [0.25, 0.3) is 0 Å². The van der Waals surface area contributed by atoms with Gasteiger partial charge in [-0.05, 0) is 143 Å². The minimum Gasteiger partial charge on any atom is -0.693 e. The zero-order chi connectivity index (χ0) is 93.8. The molecule has 128 heavy (non-hydrogen) atoms. The molecule has 2 aromatic carbocycles. The summed E-state index contributed by atoms with van der Waals surface area (Å²) in [5.74, 6) is 14.1. The van der Waals surface area contributed by atoms with E-state index in [1.165, 1.54) is 21.2 Å². The molecule has 0 aliphatic carbocycles. The molecule has 10 rings (SSSR count). The third kappa shape index (κ3) is 94.4. The molecular formula is C87H110Au8Cl6F12N8OP6. The van der Waals surface area contributed by atoms with Crippen LogP contribution in [0.1, 0.15) is 138 Å². The predicted molar refractivity (Wildman–Crippen MR) is 496 cm³/mol. The van der Waals surface area contributed by atoms with E-state index in [2.05, 4.69) is 315 Å². The molecule has 8 heterocycles. The smallest absolute Gasteiger partial charge is 0.693 e. The molecule has 0 radical (unpaired) electrons. The molecule has 0 N–H and O–H groups in total. The van der Waals surface area contributed by atoms with Crippen molar-refractivity contribution >= 4 is 139 Å². The van der Waals surface area contributed by atoms with Crippen LogP contribution in [0.15, 0.2) is 245 Å². The molecule has 748 valence electrons. The Bertz CT molecular complexity index is 3770. The van der Waals surface area contributed by atoms with Gasteiger partial charge in [0.15, 0.2) is 0 Å². The second-order valence-corrected chi connectivity index (χ2v) is 44.3. The normalized spacial score (nSPS) is 11.2. The monoisotopic (exact) mass is 3480 g/mol. The number of benzene rings is 2. The average Bonchev–Trinajstić information content (AvgIpc) is 1.07. The van der Waals surface area contributed by atoms with Crippen molar-refractivity contribution in [2.24, 2.45) is 32.5 Å². The molecule has 0 saturated carbocycles. The van der Waals surface area contributed by atoms with E-state index in [1.54, 1.807) is 0 Å². The number of aromatic nitrogens is 8. The maximum absolute atomic E-state index is 10.7. The van der Waals surface area contributed by atoms with Crippen LogP contribution in [0.3, 0.4) is 0 Å². The molecule has 0 bridgehead atoms. The van der Waals surface area contributed by atoms with Gasteiger partial charge in [0, 0.05) is 134 Å². The van der Waals surface area contributed by atoms with E-state index >= 15 is 0 Å². The SMILES string of the molecule is CCOCC.ClCCl.ClCCl.ClCCl.F[P-](F)(F)(F)(F)F.F[P-](F)(F)(F)(F)F.[Au+].[Au+].[Au+].[Au+].[Au+].[Au+].[Au+].[Au+].[C-]#CC(C)(C)C.[C-]#CC(C)(C)C.[C-]#CC(C)(C)C.[C-]#CC(C)(C)C.[C-]#CC(C)(C)C.[C-]#CC(C)(C)C.c1ccn(P(c2ccc(P(n3cccc3)n3cccc3)cc2)n2cccc2)c1.c1ccn(P(c2ccc(P(n3cccc3)n3cccc3)cc2)n2cccc2)c1. The average molecular weight is 3490 g/mol. The van der Waals surface area contributed by atoms with E-state index in [4.69, 9.17) is 113 Å². The Morgan fingerprint density at radius 2 is 0.312 bits per heavy atom. The summed E-state index contributed by atoms with van der Waals surface area (Å²) >= 11 is 28.6. The van der Waals surface area contributed by atoms with Gasteiger partial charge in [-0.1, -0.05) is 173 Å². The zero-order valence-electron chi connectivity index (χ0n) is 73.5. The summed E-state index contributed by atoms with van der Waals surface area (Å²) in [6.07, 6.45) is 73.9. The molecule has 0 spiro atoms. The summed E-state index contributed by atoms with van der Waals surface area (Å²) < 4.78 is 142. The predicted octanol–water partition coefficient (Wildman–Crippen LogP) is 31.7. The van der Waals surface area contributed by atoms with Crippen molar-refractivity contribution in [2.45, 2.75) is 138 Å². The molecular weight excluding hydrogens is 3380 g/mol. The first-order valence-corrected chi connectivity index (χ1v) is 48.1. The first kappa shape index (κ1) is 153. The summed E-state index contributed by atoms with van der Waals surface area (Å²) in [7, 11) is -24.0. The van der Waals surface area contributed by atoms with Gasteiger partial charge < -0.3 is 114 Å². The van der Waals surface area contributed by atoms with Gasteiger partial charge in [-0.15, -0.1) is 69.6 Å². The number of hydrogen-bond donors (Lipinski definition) is 0. The Morgan fingerprint density at radius 1 is 0.242 bits per heavy atom. The van der Waals surface area contributed by atoms with Crippen LogP contribution in [0, 0.1) is 107 Å². The molecule has 8 aromatic heterocycles. The van der Waals surface area contributed by atoms with Crippen LogP contribution in [-0.4, -0.2) is 63.9 Å². The molecule has 0 aliphatic rings. The molecule has 9 nitrogen and oxygen atoms in total. The third-order valence-electron chi connectivity index (χ3n) is 11.7. The fourth-order valence-electron chi connectivity index (χ4n) is 6.80. The minimum atomic E-state index is -10.7. The summed E-state index contributed by atoms with van der Waals surface area (Å²) in [4.78, 5) is 0. The molecule has 0 fully saturated rings. The minimum absolute atomic E-state index is 0. The van der Waals surface area contributed by atoms with Crippen molar-refractivity contribution in [3.8, 4) is 35.5 Å². The van der Waals surface area contributed by atoms with Gasteiger partial charge in [-0.2, -0.15) is 0 Å². The molecule has 0 unspecified atom stereocenters. The van der Waals surface area contributed by atoms with Crippen molar-refractivity contribution in [1.82, 2.24) is 34.7 Å². The molecule has 0 amide bonds. The Balaban J connectivity index is -0.000000124. The number of nitrogens with zero attached hydrogens (tertiary/aromatic N) is 8. The Kier molecular flexibility index (Phi) is 86.8. The maximum Gasteiger partial charge on any atom is 1.00 e. The largest absolute Gasteiger partial charge is 1.00 e. The van der Waals surface area contributed by atoms with Crippen LogP contribution in [0.4, 0.5) is 50.4 Å². The van der Waals surface area contributed by atoms with Gasteiger partial charge in [0.25, 0.3) is 0 Å². The van der Waals surface area contributed by atoms with Gasteiger partial charge in [-0.3, -0.25) is 0 Å². The van der Waals surface area contributed by atoms with Gasteiger partial charge in [-0.25, -0.2) is 0 Å². The van der Waals surface area contributed by atoms with E-state index in [0.29, 0.717) is 0 Å². The first-order chi connectivity index (χ1) is 54.7. The Morgan fingerprint density at radius 3 is 0.359 bits per heavy atom. The van der Waals surface area contributed by atoms with Crippen molar-refractivity contribution in [3.05, 3.63) is 283 Å². The standard InChI is InChI=1S/2C22H20N4P2.6C6H9.C4H10O.3CH2Cl2.8Au.2F6P/c2*1-2-14-23(13-1)27(24-15-3-4-16-24)21-9-11-22(12-10-21)28(25-17-5-6-18-25)26-19-7-8-20-26;6*1-5-6(2,3)4;1-3-5-4-2;3*2-1-3;;;;;;;;;2*1-7(2,3,4,5)6/h2*1-20H;6*2-4H3;3-4H2,1-2H3;3*1H2;;;;;;;;;;/q;;6*-1;;;;;8*+1;2*-1. The zero-order valence-corrected chi connectivity index (χ0v) is 101. The van der Waals surface area contributed by atoms with Crippen molar-refractivity contribution in [1.29, 1.82) is 0 Å². The molecule has 41 heteroatoms. The second kappa shape index (κ2) is 72.7. The summed E-state index contributed by atoms with van der Waals surface area (Å²) in [5.41, 5.74) is -0.250. The molecule has 0 aliphatic heterocycles. The van der Waals surface area contributed by atoms with E-state index < -0.39 is 48.5 Å². The third-order valence-corrected chi connectivity index (χ3v) is 20.4. The summed E-state index contributed by atoms with van der Waals surface area (Å²) in [5, 5.41) is 5.87. The van der Waals surface area contributed by atoms with Crippen molar-refractivity contribution in [2.75, 3.05) is 29.2 Å². The number of alkyl halides is 6. The van der Waals surface area contributed by atoms with E-state index in [9.17, 15) is 50.4 Å². The second-order valence-electron chi connectivity index (χ2n) is 29.9. The van der Waals surface area contributed by atoms with E-state index in [0.717, 1.165) is 13.2 Å². The number of ether oxygens (including phenoxy) is 1. The van der Waals surface area contributed by atoms with Gasteiger partial charge >= 0.3 is 245 Å². The van der Waals surface area contributed by atoms with Crippen LogP contribution in [0.2, 0.25) is 0 Å². The fourth-order valence-corrected chi connectivity index (χ4v) is 14.8. The van der Waals surface area contributed by atoms with Crippen LogP contribution < -0.4 is 21.2 Å². The summed E-state index contributed by atoms with van der Waals surface area (Å²) in [6, 6.07) is 51.7. The Labute approximate surface area is 915 Å². The maximum atomic E-state index is 9.87. The van der Waals surface area contributed by atoms with Crippen molar-refractivity contribution in [3.63, 3.8) is 0 Å².